The molecule has 1 aromatic carbocycles. The standard InChI is InChI=1S/C26H31N3O/c30-25(26-12-19-9-20(13-26)11-21(10-19)14-26)28-16-18-5-6-24(27-15-18)29-8-7-22-3-1-2-4-23(22)17-29/h1-6,15,19-21H,7-14,16-17H2,(H,28,30). The lowest BCUT2D eigenvalue weighted by atomic mass is 9.49. The molecule has 1 aliphatic heterocycles. The fourth-order valence-corrected chi connectivity index (χ4v) is 7.16. The third-order valence-corrected chi connectivity index (χ3v) is 8.24. The molecule has 0 spiro atoms. The molecule has 30 heavy (non-hydrogen) atoms. The summed E-state index contributed by atoms with van der Waals surface area (Å²) in [6.45, 7) is 2.52. The van der Waals surface area contributed by atoms with Gasteiger partial charge in [0.25, 0.3) is 0 Å². The van der Waals surface area contributed by atoms with Gasteiger partial charge in [0.2, 0.25) is 5.91 Å². The van der Waals surface area contributed by atoms with Gasteiger partial charge in [-0.1, -0.05) is 30.3 Å². The van der Waals surface area contributed by atoms with Crippen LogP contribution >= 0.6 is 0 Å². The number of hydrogen-bond acceptors (Lipinski definition) is 3. The van der Waals surface area contributed by atoms with Crippen molar-refractivity contribution in [2.75, 3.05) is 11.4 Å². The number of rotatable bonds is 4. The third kappa shape index (κ3) is 3.21. The zero-order valence-electron chi connectivity index (χ0n) is 17.6. The molecule has 5 aliphatic rings. The monoisotopic (exact) mass is 401 g/mol. The predicted octanol–water partition coefficient (Wildman–Crippen LogP) is 4.48. The number of hydrogen-bond donors (Lipinski definition) is 1. The van der Waals surface area contributed by atoms with Crippen LogP contribution in [0.15, 0.2) is 42.6 Å². The number of nitrogens with one attached hydrogen (secondary N) is 1. The first kappa shape index (κ1) is 18.4. The highest BCUT2D eigenvalue weighted by atomic mass is 16.2. The molecule has 4 nitrogen and oxygen atoms in total. The number of carbonyl (C=O) groups excluding carboxylic acids is 1. The normalized spacial score (nSPS) is 31.5. The number of benzene rings is 1. The van der Waals surface area contributed by atoms with Gasteiger partial charge in [-0.2, -0.15) is 0 Å². The van der Waals surface area contributed by atoms with Crippen LogP contribution in [0.4, 0.5) is 5.82 Å². The largest absolute Gasteiger partial charge is 0.352 e. The topological polar surface area (TPSA) is 45.2 Å². The molecule has 1 amide bonds. The van der Waals surface area contributed by atoms with Crippen LogP contribution in [0, 0.1) is 23.2 Å². The number of carbonyl (C=O) groups is 1. The molecule has 0 atom stereocenters. The molecule has 2 heterocycles. The summed E-state index contributed by atoms with van der Waals surface area (Å²) < 4.78 is 0. The average molecular weight is 402 g/mol. The van der Waals surface area contributed by atoms with Gasteiger partial charge in [-0.3, -0.25) is 4.79 Å². The van der Waals surface area contributed by atoms with Crippen LogP contribution in [0.1, 0.15) is 55.2 Å². The van der Waals surface area contributed by atoms with Gasteiger partial charge >= 0.3 is 0 Å². The number of fused-ring (bicyclic) bond motifs is 1. The molecule has 4 aliphatic carbocycles. The number of nitrogens with zero attached hydrogens (tertiary/aromatic N) is 2. The van der Waals surface area contributed by atoms with E-state index in [9.17, 15) is 4.79 Å². The first-order valence-corrected chi connectivity index (χ1v) is 11.7. The number of anilines is 1. The van der Waals surface area contributed by atoms with Crippen LogP contribution in [0.2, 0.25) is 0 Å². The SMILES string of the molecule is O=C(NCc1ccc(N2CCc3ccccc3C2)nc1)C12CC3CC(CC(C3)C1)C2. The average Bonchev–Trinajstić information content (AvgIpc) is 2.76. The first-order valence-electron chi connectivity index (χ1n) is 11.7. The number of aromatic nitrogens is 1. The van der Waals surface area contributed by atoms with E-state index < -0.39 is 0 Å². The maximum absolute atomic E-state index is 13.2. The number of amides is 1. The van der Waals surface area contributed by atoms with Gasteiger partial charge in [0.05, 0.1) is 0 Å². The van der Waals surface area contributed by atoms with E-state index in [0.717, 1.165) is 67.9 Å². The fraction of sp³-hybridized carbons (Fsp3) is 0.538. The van der Waals surface area contributed by atoms with E-state index in [4.69, 9.17) is 4.98 Å². The molecular weight excluding hydrogens is 370 g/mol. The summed E-state index contributed by atoms with van der Waals surface area (Å²) in [4.78, 5) is 20.2. The smallest absolute Gasteiger partial charge is 0.226 e. The highest BCUT2D eigenvalue weighted by Gasteiger charge is 2.54. The van der Waals surface area contributed by atoms with Gasteiger partial charge in [0.15, 0.2) is 0 Å². The van der Waals surface area contributed by atoms with E-state index in [0.29, 0.717) is 12.5 Å². The molecular formula is C26H31N3O. The zero-order valence-corrected chi connectivity index (χ0v) is 17.6. The molecule has 156 valence electrons. The highest BCUT2D eigenvalue weighted by Crippen LogP contribution is 2.60. The van der Waals surface area contributed by atoms with Crippen LogP contribution in [-0.2, 0) is 24.3 Å². The van der Waals surface area contributed by atoms with Crippen molar-refractivity contribution < 1.29 is 4.79 Å². The quantitative estimate of drug-likeness (QED) is 0.822. The summed E-state index contributed by atoms with van der Waals surface area (Å²) in [6, 6.07) is 12.9. The lowest BCUT2D eigenvalue weighted by molar-refractivity contribution is -0.146. The molecule has 4 heteroatoms. The molecule has 4 bridgehead atoms. The molecule has 2 aromatic rings. The fourth-order valence-electron chi connectivity index (χ4n) is 7.16. The van der Waals surface area contributed by atoms with Crippen molar-refractivity contribution >= 4 is 11.7 Å². The van der Waals surface area contributed by atoms with Crippen LogP contribution < -0.4 is 10.2 Å². The Bertz CT molecular complexity index is 916. The lowest BCUT2D eigenvalue weighted by Crippen LogP contribution is -2.53. The predicted molar refractivity (Wildman–Crippen MR) is 118 cm³/mol. The second-order valence-electron chi connectivity index (χ2n) is 10.3. The molecule has 1 aromatic heterocycles. The van der Waals surface area contributed by atoms with E-state index in [1.54, 1.807) is 0 Å². The van der Waals surface area contributed by atoms with Crippen molar-refractivity contribution in [2.24, 2.45) is 23.2 Å². The van der Waals surface area contributed by atoms with Crippen LogP contribution in [0.5, 0.6) is 0 Å². The Morgan fingerprint density at radius 3 is 2.37 bits per heavy atom. The minimum atomic E-state index is -0.0662. The second kappa shape index (κ2) is 7.11. The van der Waals surface area contributed by atoms with Crippen molar-refractivity contribution in [3.05, 3.63) is 59.3 Å². The van der Waals surface area contributed by atoms with Crippen LogP contribution in [0.3, 0.4) is 0 Å². The Morgan fingerprint density at radius 2 is 1.70 bits per heavy atom. The molecule has 7 rings (SSSR count). The molecule has 0 radical (unpaired) electrons. The van der Waals surface area contributed by atoms with E-state index in [2.05, 4.69) is 46.6 Å². The highest BCUT2D eigenvalue weighted by molar-refractivity contribution is 5.83. The second-order valence-corrected chi connectivity index (χ2v) is 10.3. The summed E-state index contributed by atoms with van der Waals surface area (Å²) in [7, 11) is 0. The Kier molecular flexibility index (Phi) is 4.36. The van der Waals surface area contributed by atoms with Crippen molar-refractivity contribution in [3.8, 4) is 0 Å². The summed E-state index contributed by atoms with van der Waals surface area (Å²) in [5, 5.41) is 3.28. The summed E-state index contributed by atoms with van der Waals surface area (Å²) >= 11 is 0. The Morgan fingerprint density at radius 1 is 1.00 bits per heavy atom. The van der Waals surface area contributed by atoms with Gasteiger partial charge in [-0.25, -0.2) is 4.98 Å². The molecule has 1 N–H and O–H groups in total. The van der Waals surface area contributed by atoms with Crippen molar-refractivity contribution in [2.45, 2.75) is 58.0 Å². The van der Waals surface area contributed by atoms with Gasteiger partial charge in [-0.15, -0.1) is 0 Å². The van der Waals surface area contributed by atoms with Gasteiger partial charge in [-0.05, 0) is 85.5 Å². The minimum absolute atomic E-state index is 0.0662. The summed E-state index contributed by atoms with van der Waals surface area (Å²) in [5.74, 6) is 3.74. The third-order valence-electron chi connectivity index (χ3n) is 8.24. The molecule has 0 saturated heterocycles. The van der Waals surface area contributed by atoms with Crippen LogP contribution in [0.25, 0.3) is 0 Å². The summed E-state index contributed by atoms with van der Waals surface area (Å²) in [5.41, 5.74) is 3.88. The maximum Gasteiger partial charge on any atom is 0.226 e. The Balaban J connectivity index is 1.09. The van der Waals surface area contributed by atoms with E-state index in [1.807, 2.05) is 6.20 Å². The zero-order chi connectivity index (χ0) is 20.1. The van der Waals surface area contributed by atoms with Gasteiger partial charge < -0.3 is 10.2 Å². The van der Waals surface area contributed by atoms with E-state index in [1.165, 1.54) is 30.4 Å². The van der Waals surface area contributed by atoms with Gasteiger partial charge in [0.1, 0.15) is 5.82 Å². The van der Waals surface area contributed by atoms with Gasteiger partial charge in [0, 0.05) is 31.2 Å². The lowest BCUT2D eigenvalue weighted by Gasteiger charge is -2.55. The van der Waals surface area contributed by atoms with E-state index in [-0.39, 0.29) is 5.41 Å². The maximum atomic E-state index is 13.2. The Hall–Kier alpha value is -2.36. The Labute approximate surface area is 179 Å². The molecule has 4 fully saturated rings. The van der Waals surface area contributed by atoms with E-state index >= 15 is 0 Å². The number of pyridine rings is 1. The van der Waals surface area contributed by atoms with Crippen molar-refractivity contribution in [3.63, 3.8) is 0 Å². The first-order chi connectivity index (χ1) is 14.7. The minimum Gasteiger partial charge on any atom is -0.352 e. The van der Waals surface area contributed by atoms with Crippen molar-refractivity contribution in [1.29, 1.82) is 0 Å². The molecule has 0 unspecified atom stereocenters. The van der Waals surface area contributed by atoms with Crippen LogP contribution in [-0.4, -0.2) is 17.4 Å². The molecule has 4 saturated carbocycles. The summed E-state index contributed by atoms with van der Waals surface area (Å²) in [6.07, 6.45) is 10.5. The van der Waals surface area contributed by atoms with Crippen molar-refractivity contribution in [1.82, 2.24) is 10.3 Å².